The highest BCUT2D eigenvalue weighted by Gasteiger charge is 2.13. The molecule has 0 spiro atoms. The van der Waals surface area contributed by atoms with Crippen molar-refractivity contribution in [2.45, 2.75) is 6.61 Å². The fraction of sp³-hybridized carbons (Fsp3) is 0.136. The number of amides is 1. The molecule has 5 heteroatoms. The zero-order chi connectivity index (χ0) is 19.1. The lowest BCUT2D eigenvalue weighted by Gasteiger charge is -2.13. The number of rotatable bonds is 7. The number of hydrogen-bond donors (Lipinski definition) is 1. The first-order valence-electron chi connectivity index (χ1n) is 8.50. The van der Waals surface area contributed by atoms with Crippen molar-refractivity contribution in [3.63, 3.8) is 0 Å². The molecule has 3 rings (SSSR count). The first-order chi connectivity index (χ1) is 13.2. The Morgan fingerprint density at radius 1 is 0.852 bits per heavy atom. The molecule has 0 unspecified atom stereocenters. The summed E-state index contributed by atoms with van der Waals surface area (Å²) in [7, 11) is 3.16. The Balaban J connectivity index is 1.78. The lowest BCUT2D eigenvalue weighted by molar-refractivity contribution is 0.102. The number of hydrogen-bond acceptors (Lipinski definition) is 4. The lowest BCUT2D eigenvalue weighted by atomic mass is 10.1. The largest absolute Gasteiger partial charge is 0.496 e. The normalized spacial score (nSPS) is 10.1. The predicted octanol–water partition coefficient (Wildman–Crippen LogP) is 4.54. The van der Waals surface area contributed by atoms with Crippen LogP contribution in [0.3, 0.4) is 0 Å². The van der Waals surface area contributed by atoms with E-state index in [4.69, 9.17) is 14.2 Å². The maximum Gasteiger partial charge on any atom is 0.255 e. The van der Waals surface area contributed by atoms with Crippen molar-refractivity contribution >= 4 is 11.6 Å². The third kappa shape index (κ3) is 4.58. The van der Waals surface area contributed by atoms with Gasteiger partial charge in [-0.05, 0) is 42.5 Å². The van der Waals surface area contributed by atoms with E-state index in [1.165, 1.54) is 0 Å². The molecule has 1 N–H and O–H groups in total. The third-order valence-corrected chi connectivity index (χ3v) is 4.04. The minimum absolute atomic E-state index is 0.233. The van der Waals surface area contributed by atoms with Crippen LogP contribution in [0.4, 0.5) is 5.69 Å². The molecule has 0 saturated heterocycles. The molecule has 0 aromatic heterocycles. The van der Waals surface area contributed by atoms with E-state index in [2.05, 4.69) is 5.32 Å². The molecule has 0 saturated carbocycles. The second kappa shape index (κ2) is 8.76. The van der Waals surface area contributed by atoms with E-state index >= 15 is 0 Å². The highest BCUT2D eigenvalue weighted by molar-refractivity contribution is 6.05. The summed E-state index contributed by atoms with van der Waals surface area (Å²) in [4.78, 5) is 12.7. The standard InChI is InChI=1S/C22H21NO4/c1-25-20-13-12-16(14-17(20)15-27-18-8-4-3-5-9-18)22(24)23-19-10-6-7-11-21(19)26-2/h3-14H,15H2,1-2H3,(H,23,24). The average molecular weight is 363 g/mol. The molecule has 5 nitrogen and oxygen atoms in total. The summed E-state index contributed by atoms with van der Waals surface area (Å²) in [6.07, 6.45) is 0. The van der Waals surface area contributed by atoms with Crippen LogP contribution in [0.15, 0.2) is 72.8 Å². The zero-order valence-electron chi connectivity index (χ0n) is 15.3. The second-order valence-electron chi connectivity index (χ2n) is 5.78. The van der Waals surface area contributed by atoms with Crippen molar-refractivity contribution in [1.29, 1.82) is 0 Å². The van der Waals surface area contributed by atoms with Gasteiger partial charge in [0.25, 0.3) is 5.91 Å². The number of para-hydroxylation sites is 3. The van der Waals surface area contributed by atoms with Crippen LogP contribution in [0.25, 0.3) is 0 Å². The minimum atomic E-state index is -0.233. The molecule has 138 valence electrons. The van der Waals surface area contributed by atoms with Crippen molar-refractivity contribution in [2.75, 3.05) is 19.5 Å². The Morgan fingerprint density at radius 2 is 1.56 bits per heavy atom. The molecule has 3 aromatic rings. The fourth-order valence-electron chi connectivity index (χ4n) is 2.65. The van der Waals surface area contributed by atoms with Crippen LogP contribution in [-0.2, 0) is 6.61 Å². The first-order valence-corrected chi connectivity index (χ1v) is 8.50. The number of carbonyl (C=O) groups excluding carboxylic acids is 1. The molecule has 0 aliphatic carbocycles. The summed E-state index contributed by atoms with van der Waals surface area (Å²) in [6, 6.07) is 22.0. The molecular formula is C22H21NO4. The van der Waals surface area contributed by atoms with Gasteiger partial charge in [-0.25, -0.2) is 0 Å². The van der Waals surface area contributed by atoms with Crippen LogP contribution < -0.4 is 19.5 Å². The summed E-state index contributed by atoms with van der Waals surface area (Å²) in [5.41, 5.74) is 1.91. The Hall–Kier alpha value is -3.47. The molecule has 0 radical (unpaired) electrons. The monoisotopic (exact) mass is 363 g/mol. The van der Waals surface area contributed by atoms with Crippen molar-refractivity contribution in [2.24, 2.45) is 0 Å². The van der Waals surface area contributed by atoms with Crippen molar-refractivity contribution in [3.05, 3.63) is 83.9 Å². The van der Waals surface area contributed by atoms with Gasteiger partial charge < -0.3 is 19.5 Å². The van der Waals surface area contributed by atoms with Crippen molar-refractivity contribution < 1.29 is 19.0 Å². The van der Waals surface area contributed by atoms with Gasteiger partial charge in [0, 0.05) is 11.1 Å². The second-order valence-corrected chi connectivity index (χ2v) is 5.78. The smallest absolute Gasteiger partial charge is 0.255 e. The molecule has 0 aliphatic heterocycles. The van der Waals surface area contributed by atoms with Gasteiger partial charge in [-0.2, -0.15) is 0 Å². The van der Waals surface area contributed by atoms with Crippen LogP contribution in [0.5, 0.6) is 17.2 Å². The average Bonchev–Trinajstić information content (AvgIpc) is 2.73. The minimum Gasteiger partial charge on any atom is -0.496 e. The third-order valence-electron chi connectivity index (χ3n) is 4.04. The molecule has 27 heavy (non-hydrogen) atoms. The van der Waals surface area contributed by atoms with Crippen LogP contribution in [0, 0.1) is 0 Å². The lowest BCUT2D eigenvalue weighted by Crippen LogP contribution is -2.13. The molecule has 0 heterocycles. The van der Waals surface area contributed by atoms with Gasteiger partial charge in [-0.3, -0.25) is 4.79 Å². The predicted molar refractivity (Wildman–Crippen MR) is 105 cm³/mol. The zero-order valence-corrected chi connectivity index (χ0v) is 15.3. The van der Waals surface area contributed by atoms with E-state index in [1.807, 2.05) is 42.5 Å². The van der Waals surface area contributed by atoms with Crippen molar-refractivity contribution in [1.82, 2.24) is 0 Å². The number of benzene rings is 3. The number of methoxy groups -OCH3 is 2. The van der Waals surface area contributed by atoms with Gasteiger partial charge in [0.1, 0.15) is 23.9 Å². The fourth-order valence-corrected chi connectivity index (χ4v) is 2.65. The molecule has 3 aromatic carbocycles. The molecule has 0 aliphatic rings. The van der Waals surface area contributed by atoms with Gasteiger partial charge in [0.2, 0.25) is 0 Å². The quantitative estimate of drug-likeness (QED) is 0.670. The van der Waals surface area contributed by atoms with Crippen LogP contribution in [0.2, 0.25) is 0 Å². The highest BCUT2D eigenvalue weighted by atomic mass is 16.5. The van der Waals surface area contributed by atoms with Gasteiger partial charge in [0.15, 0.2) is 0 Å². The van der Waals surface area contributed by atoms with E-state index in [1.54, 1.807) is 44.6 Å². The van der Waals surface area contributed by atoms with E-state index in [9.17, 15) is 4.79 Å². The van der Waals surface area contributed by atoms with Gasteiger partial charge in [0.05, 0.1) is 19.9 Å². The topological polar surface area (TPSA) is 56.8 Å². The maximum absolute atomic E-state index is 12.7. The summed E-state index contributed by atoms with van der Waals surface area (Å²) in [5.74, 6) is 1.79. The highest BCUT2D eigenvalue weighted by Crippen LogP contribution is 2.26. The van der Waals surface area contributed by atoms with Crippen LogP contribution in [0.1, 0.15) is 15.9 Å². The molecule has 1 amide bonds. The number of anilines is 1. The summed E-state index contributed by atoms with van der Waals surface area (Å²) in [6.45, 7) is 0.295. The van der Waals surface area contributed by atoms with Crippen LogP contribution >= 0.6 is 0 Å². The Kier molecular flexibility index (Phi) is 5.94. The number of carbonyl (C=O) groups is 1. The molecule has 0 bridgehead atoms. The molecule has 0 fully saturated rings. The summed E-state index contributed by atoms with van der Waals surface area (Å²) < 4.78 is 16.5. The molecular weight excluding hydrogens is 342 g/mol. The van der Waals surface area contributed by atoms with Gasteiger partial charge in [-0.1, -0.05) is 30.3 Å². The Morgan fingerprint density at radius 3 is 2.30 bits per heavy atom. The van der Waals surface area contributed by atoms with Crippen LogP contribution in [-0.4, -0.2) is 20.1 Å². The Bertz CT molecular complexity index is 909. The number of ether oxygens (including phenoxy) is 3. The summed E-state index contributed by atoms with van der Waals surface area (Å²) in [5, 5.41) is 2.87. The van der Waals surface area contributed by atoms with Gasteiger partial charge in [-0.15, -0.1) is 0 Å². The van der Waals surface area contributed by atoms with E-state index in [0.29, 0.717) is 29.4 Å². The van der Waals surface area contributed by atoms with Gasteiger partial charge >= 0.3 is 0 Å². The van der Waals surface area contributed by atoms with E-state index < -0.39 is 0 Å². The molecule has 0 atom stereocenters. The summed E-state index contributed by atoms with van der Waals surface area (Å²) >= 11 is 0. The van der Waals surface area contributed by atoms with E-state index in [-0.39, 0.29) is 5.91 Å². The number of nitrogens with one attached hydrogen (secondary N) is 1. The first kappa shape index (κ1) is 18.3. The van der Waals surface area contributed by atoms with Crippen molar-refractivity contribution in [3.8, 4) is 17.2 Å². The maximum atomic E-state index is 12.7. The Labute approximate surface area is 158 Å². The SMILES string of the molecule is COc1ccc(C(=O)Nc2ccccc2OC)cc1COc1ccccc1. The van der Waals surface area contributed by atoms with E-state index in [0.717, 1.165) is 11.3 Å².